The fourth-order valence-corrected chi connectivity index (χ4v) is 2.91. The van der Waals surface area contributed by atoms with Crippen molar-refractivity contribution in [1.82, 2.24) is 10.2 Å². The van der Waals surface area contributed by atoms with Crippen LogP contribution in [0.4, 0.5) is 10.5 Å². The Balaban J connectivity index is 1.97. The Kier molecular flexibility index (Phi) is 6.84. The lowest BCUT2D eigenvalue weighted by atomic mass is 9.93. The van der Waals surface area contributed by atoms with E-state index >= 15 is 0 Å². The smallest absolute Gasteiger partial charge is 0.322 e. The number of carbonyl (C=O) groups is 2. The summed E-state index contributed by atoms with van der Waals surface area (Å²) < 4.78 is 4.94. The van der Waals surface area contributed by atoms with Gasteiger partial charge in [-0.1, -0.05) is 12.0 Å². The molecule has 1 aliphatic rings. The Labute approximate surface area is 148 Å². The monoisotopic (exact) mass is 343 g/mol. The number of hydrogen-bond acceptors (Lipinski definition) is 3. The molecule has 6 nitrogen and oxygen atoms in total. The average Bonchev–Trinajstić information content (AvgIpc) is 2.62. The number of carbonyl (C=O) groups excluding carboxylic acids is 2. The van der Waals surface area contributed by atoms with Gasteiger partial charge in [-0.3, -0.25) is 4.79 Å². The van der Waals surface area contributed by atoms with Crippen molar-refractivity contribution in [2.45, 2.75) is 25.8 Å². The molecule has 0 bridgehead atoms. The minimum atomic E-state index is -0.212. The van der Waals surface area contributed by atoms with Gasteiger partial charge >= 0.3 is 6.03 Å². The lowest BCUT2D eigenvalue weighted by molar-refractivity contribution is -0.126. The molecule has 1 fully saturated rings. The molecule has 1 aromatic carbocycles. The fraction of sp³-hybridized carbons (Fsp3) is 0.474. The highest BCUT2D eigenvalue weighted by molar-refractivity contribution is 5.90. The molecular weight excluding hydrogens is 318 g/mol. The van der Waals surface area contributed by atoms with Gasteiger partial charge < -0.3 is 20.3 Å². The maximum absolute atomic E-state index is 12.6. The van der Waals surface area contributed by atoms with Gasteiger partial charge in [0.15, 0.2) is 0 Å². The Morgan fingerprint density at radius 2 is 2.20 bits per heavy atom. The highest BCUT2D eigenvalue weighted by atomic mass is 16.5. The number of hydrogen-bond donors (Lipinski definition) is 2. The van der Waals surface area contributed by atoms with Crippen LogP contribution in [0.2, 0.25) is 0 Å². The molecule has 1 saturated heterocycles. The van der Waals surface area contributed by atoms with Gasteiger partial charge in [0.2, 0.25) is 5.91 Å². The lowest BCUT2D eigenvalue weighted by Crippen LogP contribution is -2.51. The Morgan fingerprint density at radius 3 is 2.92 bits per heavy atom. The van der Waals surface area contributed by atoms with Crippen molar-refractivity contribution < 1.29 is 14.3 Å². The second kappa shape index (κ2) is 9.09. The Bertz CT molecular complexity index is 654. The quantitative estimate of drug-likeness (QED) is 0.635. The molecule has 0 saturated carbocycles. The maximum atomic E-state index is 12.6. The molecule has 1 heterocycles. The number of piperidine rings is 1. The van der Waals surface area contributed by atoms with E-state index in [9.17, 15) is 9.59 Å². The van der Waals surface area contributed by atoms with Crippen LogP contribution in [0.5, 0.6) is 0 Å². The molecule has 1 aromatic rings. The molecule has 0 unspecified atom stereocenters. The lowest BCUT2D eigenvalue weighted by Gasteiger charge is -2.37. The number of ether oxygens (including phenoxy) is 1. The highest BCUT2D eigenvalue weighted by Crippen LogP contribution is 2.23. The molecule has 1 aliphatic heterocycles. The van der Waals surface area contributed by atoms with Crippen molar-refractivity contribution in [2.75, 3.05) is 32.1 Å². The number of rotatable bonds is 5. The van der Waals surface area contributed by atoms with E-state index in [0.717, 1.165) is 12.8 Å². The number of methoxy groups -OCH3 is 1. The van der Waals surface area contributed by atoms with Crippen LogP contribution in [0.25, 0.3) is 0 Å². The van der Waals surface area contributed by atoms with E-state index in [1.165, 1.54) is 0 Å². The Hall–Kier alpha value is -2.52. The zero-order chi connectivity index (χ0) is 18.2. The van der Waals surface area contributed by atoms with E-state index in [2.05, 4.69) is 16.6 Å². The summed E-state index contributed by atoms with van der Waals surface area (Å²) in [5, 5.41) is 5.72. The molecule has 2 atom stereocenters. The topological polar surface area (TPSA) is 70.7 Å². The number of amides is 3. The van der Waals surface area contributed by atoms with Gasteiger partial charge in [0, 0.05) is 37.5 Å². The summed E-state index contributed by atoms with van der Waals surface area (Å²) in [5.74, 6) is 2.32. The summed E-state index contributed by atoms with van der Waals surface area (Å²) in [7, 11) is 1.59. The van der Waals surface area contributed by atoms with Crippen LogP contribution in [-0.2, 0) is 9.53 Å². The normalized spacial score (nSPS) is 19.8. The van der Waals surface area contributed by atoms with Gasteiger partial charge in [0.25, 0.3) is 0 Å². The van der Waals surface area contributed by atoms with Crippen molar-refractivity contribution in [1.29, 1.82) is 0 Å². The van der Waals surface area contributed by atoms with Crippen LogP contribution in [-0.4, -0.2) is 49.7 Å². The van der Waals surface area contributed by atoms with Gasteiger partial charge in [0.05, 0.1) is 12.5 Å². The number of nitrogens with zero attached hydrogens (tertiary/aromatic N) is 1. The summed E-state index contributed by atoms with van der Waals surface area (Å²) in [6, 6.07) is 7.02. The first kappa shape index (κ1) is 18.8. The molecule has 0 aliphatic carbocycles. The summed E-state index contributed by atoms with van der Waals surface area (Å²) in [4.78, 5) is 26.6. The number of likely N-dealkylation sites (tertiary alicyclic amines) is 1. The van der Waals surface area contributed by atoms with Crippen LogP contribution in [0.1, 0.15) is 25.3 Å². The molecule has 2 N–H and O–H groups in total. The number of benzene rings is 1. The van der Waals surface area contributed by atoms with Crippen molar-refractivity contribution in [3.05, 3.63) is 29.8 Å². The first-order chi connectivity index (χ1) is 12.0. The van der Waals surface area contributed by atoms with Crippen LogP contribution in [0.15, 0.2) is 24.3 Å². The molecule has 0 aromatic heterocycles. The summed E-state index contributed by atoms with van der Waals surface area (Å²) in [6.07, 6.45) is 6.96. The number of anilines is 1. The zero-order valence-electron chi connectivity index (χ0n) is 14.7. The standard InChI is InChI=1S/C19H25N3O3/c1-4-15-6-5-7-17(12-15)21-19(24)22-13-16(9-8-14(22)2)18(23)20-10-11-25-3/h1,5-7,12,14,16H,8-11,13H2,2-3H3,(H,20,23)(H,21,24)/t14-,16-/m1/s1. The van der Waals surface area contributed by atoms with E-state index < -0.39 is 0 Å². The van der Waals surface area contributed by atoms with Gasteiger partial charge in [-0.25, -0.2) is 4.79 Å². The van der Waals surface area contributed by atoms with Crippen LogP contribution < -0.4 is 10.6 Å². The number of nitrogens with one attached hydrogen (secondary N) is 2. The second-order valence-corrected chi connectivity index (χ2v) is 6.21. The predicted molar refractivity (Wildman–Crippen MR) is 97.2 cm³/mol. The fourth-order valence-electron chi connectivity index (χ4n) is 2.91. The first-order valence-corrected chi connectivity index (χ1v) is 8.46. The van der Waals surface area contributed by atoms with E-state index in [1.54, 1.807) is 36.3 Å². The summed E-state index contributed by atoms with van der Waals surface area (Å²) in [5.41, 5.74) is 1.36. The predicted octanol–water partition coefficient (Wildman–Crippen LogP) is 2.06. The van der Waals surface area contributed by atoms with Crippen molar-refractivity contribution >= 4 is 17.6 Å². The molecular formula is C19H25N3O3. The largest absolute Gasteiger partial charge is 0.383 e. The third-order valence-electron chi connectivity index (χ3n) is 4.40. The van der Waals surface area contributed by atoms with Crippen LogP contribution >= 0.6 is 0 Å². The maximum Gasteiger partial charge on any atom is 0.322 e. The minimum Gasteiger partial charge on any atom is -0.383 e. The van der Waals surface area contributed by atoms with Gasteiger partial charge in [-0.05, 0) is 38.0 Å². The molecule has 134 valence electrons. The van der Waals surface area contributed by atoms with Crippen molar-refractivity contribution in [2.24, 2.45) is 5.92 Å². The van der Waals surface area contributed by atoms with Gasteiger partial charge in [-0.15, -0.1) is 6.42 Å². The third kappa shape index (κ3) is 5.23. The van der Waals surface area contributed by atoms with Crippen LogP contribution in [0.3, 0.4) is 0 Å². The zero-order valence-corrected chi connectivity index (χ0v) is 14.7. The van der Waals surface area contributed by atoms with Crippen molar-refractivity contribution in [3.8, 4) is 12.3 Å². The number of terminal acetylenes is 1. The highest BCUT2D eigenvalue weighted by Gasteiger charge is 2.32. The van der Waals surface area contributed by atoms with Crippen LogP contribution in [0, 0.1) is 18.3 Å². The van der Waals surface area contributed by atoms with E-state index in [1.807, 2.05) is 6.92 Å². The molecule has 6 heteroatoms. The molecule has 0 spiro atoms. The van der Waals surface area contributed by atoms with Gasteiger partial charge in [-0.2, -0.15) is 0 Å². The number of urea groups is 1. The Morgan fingerprint density at radius 1 is 1.40 bits per heavy atom. The average molecular weight is 343 g/mol. The molecule has 3 amide bonds. The SMILES string of the molecule is C#Cc1cccc(NC(=O)N2C[C@H](C(=O)NCCOC)CC[C@H]2C)c1. The molecule has 2 rings (SSSR count). The summed E-state index contributed by atoms with van der Waals surface area (Å²) >= 11 is 0. The molecule has 25 heavy (non-hydrogen) atoms. The summed E-state index contributed by atoms with van der Waals surface area (Å²) in [6.45, 7) is 3.36. The minimum absolute atomic E-state index is 0.0314. The first-order valence-electron chi connectivity index (χ1n) is 8.46. The van der Waals surface area contributed by atoms with E-state index in [0.29, 0.717) is 30.9 Å². The van der Waals surface area contributed by atoms with E-state index in [-0.39, 0.29) is 23.9 Å². The molecule has 0 radical (unpaired) electrons. The third-order valence-corrected chi connectivity index (χ3v) is 4.40. The van der Waals surface area contributed by atoms with E-state index in [4.69, 9.17) is 11.2 Å². The van der Waals surface area contributed by atoms with Gasteiger partial charge in [0.1, 0.15) is 0 Å². The second-order valence-electron chi connectivity index (χ2n) is 6.21. The van der Waals surface area contributed by atoms with Crippen molar-refractivity contribution in [3.63, 3.8) is 0 Å².